The van der Waals surface area contributed by atoms with Crippen LogP contribution in [0.5, 0.6) is 0 Å². The van der Waals surface area contributed by atoms with Gasteiger partial charge in [0.2, 0.25) is 0 Å². The van der Waals surface area contributed by atoms with Gasteiger partial charge in [0.25, 0.3) is 5.56 Å². The molecule has 1 aliphatic rings. The molecule has 0 aromatic carbocycles. The van der Waals surface area contributed by atoms with E-state index in [0.717, 1.165) is 16.8 Å². The van der Waals surface area contributed by atoms with Crippen molar-refractivity contribution in [2.75, 3.05) is 6.61 Å². The largest absolute Gasteiger partial charge is 0.387 e. The average molecular weight is 340 g/mol. The van der Waals surface area contributed by atoms with Crippen LogP contribution in [0.3, 0.4) is 0 Å². The lowest BCUT2D eigenvalue weighted by molar-refractivity contribution is -0.0527. The van der Waals surface area contributed by atoms with Gasteiger partial charge in [-0.1, -0.05) is 0 Å². The number of aromatic amines is 1. The zero-order valence-electron chi connectivity index (χ0n) is 10.4. The van der Waals surface area contributed by atoms with E-state index in [1.54, 1.807) is 0 Å². The molecule has 1 aromatic rings. The minimum absolute atomic E-state index is 0.475. The second-order valence-corrected chi connectivity index (χ2v) is 7.02. The van der Waals surface area contributed by atoms with Crippen molar-refractivity contribution in [3.63, 3.8) is 0 Å². The molecule has 5 N–H and O–H groups in total. The highest BCUT2D eigenvalue weighted by Gasteiger charge is 2.44. The topological polar surface area (TPSA) is 154 Å². The highest BCUT2D eigenvalue weighted by molar-refractivity contribution is 8.06. The van der Waals surface area contributed by atoms with Gasteiger partial charge in [-0.2, -0.15) is 0 Å². The quantitative estimate of drug-likeness (QED) is 0.371. The van der Waals surface area contributed by atoms with Gasteiger partial charge < -0.3 is 29.3 Å². The van der Waals surface area contributed by atoms with Gasteiger partial charge in [-0.25, -0.2) is 4.79 Å². The fraction of sp³-hybridized carbons (Fsp3) is 0.556. The molecular weight excluding hydrogens is 327 g/mol. The Labute approximate surface area is 122 Å². The molecule has 2 heterocycles. The Balaban J connectivity index is 2.18. The number of H-pyrrole nitrogens is 1. The maximum absolute atomic E-state index is 11.6. The Kier molecular flexibility index (Phi) is 4.76. The smallest absolute Gasteiger partial charge is 0.330 e. The number of aromatic nitrogens is 2. The van der Waals surface area contributed by atoms with E-state index in [2.05, 4.69) is 16.3 Å². The van der Waals surface area contributed by atoms with E-state index in [1.165, 1.54) is 0 Å². The molecule has 2 rings (SSSR count). The van der Waals surface area contributed by atoms with Crippen LogP contribution < -0.4 is 11.2 Å². The second kappa shape index (κ2) is 6.07. The van der Waals surface area contributed by atoms with Crippen LogP contribution in [0.2, 0.25) is 0 Å². The lowest BCUT2D eigenvalue weighted by Crippen LogP contribution is -2.37. The molecule has 4 atom stereocenters. The van der Waals surface area contributed by atoms with Gasteiger partial charge in [-0.15, -0.1) is 0 Å². The number of aliphatic hydroxyl groups is 2. The highest BCUT2D eigenvalue weighted by Crippen LogP contribution is 2.38. The number of nitrogens with zero attached hydrogens (tertiary/aromatic N) is 1. The number of hydrogen-bond donors (Lipinski definition) is 5. The molecule has 0 amide bonds. The maximum atomic E-state index is 11.6. The lowest BCUT2D eigenvalue weighted by Gasteiger charge is -2.17. The average Bonchev–Trinajstić information content (AvgIpc) is 2.64. The molecule has 12 heteroatoms. The Morgan fingerprint density at radius 2 is 2.05 bits per heavy atom. The van der Waals surface area contributed by atoms with Crippen LogP contribution in [0.15, 0.2) is 21.9 Å². The molecule has 21 heavy (non-hydrogen) atoms. The van der Waals surface area contributed by atoms with Gasteiger partial charge in [0, 0.05) is 12.3 Å². The van der Waals surface area contributed by atoms with Crippen LogP contribution in [-0.4, -0.2) is 54.5 Å². The summed E-state index contributed by atoms with van der Waals surface area (Å²) < 4.78 is 10.7. The standard InChI is InChI=1S/C9H13N2O8PS/c12-5-1-2-11(9(15)10-5)8-7(14)6(13)4(19-8)3-18-20(16,17)21/h1-2,4,6-8,13-14H,3H2,(H,10,12,15)(H2,16,17,21)/t4-,6?,7?,8-/m0/s1. The van der Waals surface area contributed by atoms with Gasteiger partial charge in [0.1, 0.15) is 18.3 Å². The van der Waals surface area contributed by atoms with Gasteiger partial charge in [0.15, 0.2) is 6.23 Å². The first-order chi connectivity index (χ1) is 9.69. The number of rotatable bonds is 4. The highest BCUT2D eigenvalue weighted by atomic mass is 32.5. The van der Waals surface area contributed by atoms with E-state index in [1.807, 2.05) is 4.98 Å². The Morgan fingerprint density at radius 3 is 2.62 bits per heavy atom. The van der Waals surface area contributed by atoms with Gasteiger partial charge >= 0.3 is 12.4 Å². The molecular formula is C9H13N2O8PS. The van der Waals surface area contributed by atoms with Crippen molar-refractivity contribution in [2.24, 2.45) is 0 Å². The van der Waals surface area contributed by atoms with E-state index in [4.69, 9.17) is 14.5 Å². The number of hydrogen-bond acceptors (Lipinski definition) is 7. The molecule has 0 bridgehead atoms. The molecule has 0 spiro atoms. The summed E-state index contributed by atoms with van der Waals surface area (Å²) in [5.74, 6) is 0. The Bertz CT molecular complexity index is 668. The van der Waals surface area contributed by atoms with Crippen LogP contribution in [0.1, 0.15) is 6.23 Å². The maximum Gasteiger partial charge on any atom is 0.330 e. The van der Waals surface area contributed by atoms with Gasteiger partial charge in [0.05, 0.1) is 6.61 Å². The number of aliphatic hydroxyl groups excluding tert-OH is 2. The SMILES string of the molecule is O=c1ccn([C@H]2O[C@@H](COP(O)(O)=S)C(O)C2O)c(=O)[nH]1. The fourth-order valence-electron chi connectivity index (χ4n) is 1.89. The first kappa shape index (κ1) is 16.5. The first-order valence-corrected chi connectivity index (χ1v) is 8.35. The summed E-state index contributed by atoms with van der Waals surface area (Å²) in [5, 5.41) is 19.7. The van der Waals surface area contributed by atoms with Gasteiger partial charge in [-0.3, -0.25) is 14.3 Å². The van der Waals surface area contributed by atoms with Crippen molar-refractivity contribution in [1.82, 2.24) is 9.55 Å². The zero-order valence-corrected chi connectivity index (χ0v) is 12.1. The van der Waals surface area contributed by atoms with E-state index in [9.17, 15) is 19.8 Å². The third kappa shape index (κ3) is 3.84. The summed E-state index contributed by atoms with van der Waals surface area (Å²) in [6.45, 7) is -4.40. The number of nitrogens with one attached hydrogen (secondary N) is 1. The Morgan fingerprint density at radius 1 is 1.38 bits per heavy atom. The first-order valence-electron chi connectivity index (χ1n) is 5.72. The van der Waals surface area contributed by atoms with Crippen molar-refractivity contribution < 1.29 is 29.3 Å². The normalized spacial score (nSPS) is 29.7. The van der Waals surface area contributed by atoms with E-state index < -0.39 is 49.1 Å². The molecule has 1 saturated heterocycles. The molecule has 1 fully saturated rings. The van der Waals surface area contributed by atoms with Crippen molar-refractivity contribution in [3.05, 3.63) is 33.1 Å². The van der Waals surface area contributed by atoms with Crippen LogP contribution in [0.25, 0.3) is 0 Å². The van der Waals surface area contributed by atoms with Gasteiger partial charge in [-0.05, 0) is 11.8 Å². The van der Waals surface area contributed by atoms with E-state index in [-0.39, 0.29) is 0 Å². The van der Waals surface area contributed by atoms with Crippen molar-refractivity contribution >= 4 is 18.5 Å². The van der Waals surface area contributed by atoms with Crippen molar-refractivity contribution in [3.8, 4) is 0 Å². The molecule has 0 aliphatic carbocycles. The molecule has 1 aromatic heterocycles. The summed E-state index contributed by atoms with van der Waals surface area (Å²) >= 11 is 4.25. The summed E-state index contributed by atoms with van der Waals surface area (Å²) in [7, 11) is 0. The third-order valence-electron chi connectivity index (χ3n) is 2.87. The molecule has 1 aliphatic heterocycles. The molecule has 2 unspecified atom stereocenters. The van der Waals surface area contributed by atoms with Crippen molar-refractivity contribution in [1.29, 1.82) is 0 Å². The minimum atomic E-state index is -3.93. The second-order valence-electron chi connectivity index (χ2n) is 4.35. The predicted molar refractivity (Wildman–Crippen MR) is 71.9 cm³/mol. The zero-order chi connectivity index (χ0) is 15.8. The van der Waals surface area contributed by atoms with Crippen LogP contribution in [0.4, 0.5) is 0 Å². The number of ether oxygens (including phenoxy) is 1. The molecule has 118 valence electrons. The van der Waals surface area contributed by atoms with Crippen LogP contribution >= 0.6 is 6.72 Å². The predicted octanol–water partition coefficient (Wildman–Crippen LogP) is -2.62. The summed E-state index contributed by atoms with van der Waals surface area (Å²) in [6, 6.07) is 1.05. The van der Waals surface area contributed by atoms with Crippen LogP contribution in [-0.2, 0) is 21.1 Å². The van der Waals surface area contributed by atoms with E-state index in [0.29, 0.717) is 0 Å². The minimum Gasteiger partial charge on any atom is -0.387 e. The van der Waals surface area contributed by atoms with Crippen LogP contribution in [0, 0.1) is 0 Å². The lowest BCUT2D eigenvalue weighted by atomic mass is 10.1. The van der Waals surface area contributed by atoms with E-state index >= 15 is 0 Å². The molecule has 10 nitrogen and oxygen atoms in total. The molecule has 0 saturated carbocycles. The summed E-state index contributed by atoms with van der Waals surface area (Å²) in [4.78, 5) is 42.5. The Hall–Kier alpha value is -0.910. The summed E-state index contributed by atoms with van der Waals surface area (Å²) in [5.41, 5.74) is -1.44. The fourth-order valence-corrected chi connectivity index (χ4v) is 2.42. The third-order valence-corrected chi connectivity index (χ3v) is 3.67. The summed E-state index contributed by atoms with van der Waals surface area (Å²) in [6.07, 6.45) is -4.18. The monoisotopic (exact) mass is 340 g/mol. The molecule has 0 radical (unpaired) electrons. The van der Waals surface area contributed by atoms with Crippen molar-refractivity contribution in [2.45, 2.75) is 24.5 Å².